The van der Waals surface area contributed by atoms with Gasteiger partial charge in [-0.25, -0.2) is 13.1 Å². The molecule has 2 N–H and O–H groups in total. The van der Waals surface area contributed by atoms with Crippen molar-refractivity contribution in [2.75, 3.05) is 0 Å². The molecule has 1 unspecified atom stereocenters. The van der Waals surface area contributed by atoms with Gasteiger partial charge in [-0.15, -0.1) is 0 Å². The summed E-state index contributed by atoms with van der Waals surface area (Å²) in [6.07, 6.45) is 8.18. The number of aromatic amines is 1. The fraction of sp³-hybridized carbons (Fsp3) is 0.727. The number of rotatable bonds is 8. The van der Waals surface area contributed by atoms with Crippen LogP contribution in [0.3, 0.4) is 0 Å². The SMILES string of the molecule is CCCCCCC(C)NS(=O)(=O)c1cn[nH]c1. The molecule has 17 heavy (non-hydrogen) atoms. The summed E-state index contributed by atoms with van der Waals surface area (Å²) in [6, 6.07) is -0.0354. The van der Waals surface area contributed by atoms with Gasteiger partial charge in [0.1, 0.15) is 4.90 Å². The molecule has 0 fully saturated rings. The number of hydrogen-bond donors (Lipinski definition) is 2. The van der Waals surface area contributed by atoms with Crippen molar-refractivity contribution in [3.05, 3.63) is 12.4 Å². The lowest BCUT2D eigenvalue weighted by Gasteiger charge is -2.12. The van der Waals surface area contributed by atoms with E-state index < -0.39 is 10.0 Å². The molecule has 0 aliphatic carbocycles. The first-order valence-electron chi connectivity index (χ1n) is 6.07. The third-order valence-corrected chi connectivity index (χ3v) is 4.19. The summed E-state index contributed by atoms with van der Waals surface area (Å²) < 4.78 is 26.3. The van der Waals surface area contributed by atoms with Gasteiger partial charge in [-0.2, -0.15) is 5.10 Å². The van der Waals surface area contributed by atoms with Gasteiger partial charge < -0.3 is 0 Å². The van der Waals surface area contributed by atoms with Crippen molar-refractivity contribution in [3.8, 4) is 0 Å². The molecule has 1 heterocycles. The van der Waals surface area contributed by atoms with Crippen molar-refractivity contribution in [1.82, 2.24) is 14.9 Å². The summed E-state index contributed by atoms with van der Waals surface area (Å²) >= 11 is 0. The van der Waals surface area contributed by atoms with Crippen LogP contribution in [-0.2, 0) is 10.0 Å². The summed E-state index contributed by atoms with van der Waals surface area (Å²) in [5, 5.41) is 6.14. The van der Waals surface area contributed by atoms with Gasteiger partial charge in [0.25, 0.3) is 0 Å². The van der Waals surface area contributed by atoms with Crippen molar-refractivity contribution in [3.63, 3.8) is 0 Å². The standard InChI is InChI=1S/C11H21N3O2S/c1-3-4-5-6-7-10(2)14-17(15,16)11-8-12-13-9-11/h8-10,14H,3-7H2,1-2H3,(H,12,13). The van der Waals surface area contributed by atoms with E-state index in [0.29, 0.717) is 0 Å². The van der Waals surface area contributed by atoms with E-state index in [1.54, 1.807) is 0 Å². The van der Waals surface area contributed by atoms with Crippen molar-refractivity contribution >= 4 is 10.0 Å². The lowest BCUT2D eigenvalue weighted by Crippen LogP contribution is -2.32. The molecule has 6 heteroatoms. The summed E-state index contributed by atoms with van der Waals surface area (Å²) in [5.74, 6) is 0. The summed E-state index contributed by atoms with van der Waals surface area (Å²) in [6.45, 7) is 4.05. The fourth-order valence-electron chi connectivity index (χ4n) is 1.66. The Morgan fingerprint density at radius 1 is 1.41 bits per heavy atom. The number of nitrogens with one attached hydrogen (secondary N) is 2. The predicted molar refractivity (Wildman–Crippen MR) is 67.1 cm³/mol. The Labute approximate surface area is 103 Å². The second-order valence-corrected chi connectivity index (χ2v) is 6.02. The van der Waals surface area contributed by atoms with E-state index >= 15 is 0 Å². The topological polar surface area (TPSA) is 74.8 Å². The van der Waals surface area contributed by atoms with E-state index in [4.69, 9.17) is 0 Å². The number of sulfonamides is 1. The van der Waals surface area contributed by atoms with Gasteiger partial charge in [0, 0.05) is 12.2 Å². The van der Waals surface area contributed by atoms with Crippen LogP contribution in [0.15, 0.2) is 17.3 Å². The molecule has 0 radical (unpaired) electrons. The van der Waals surface area contributed by atoms with E-state index in [2.05, 4.69) is 21.8 Å². The molecule has 0 aliphatic heterocycles. The smallest absolute Gasteiger partial charge is 0.243 e. The minimum atomic E-state index is -3.40. The molecule has 0 saturated carbocycles. The van der Waals surface area contributed by atoms with E-state index in [1.807, 2.05) is 6.92 Å². The number of hydrogen-bond acceptors (Lipinski definition) is 3. The lowest BCUT2D eigenvalue weighted by molar-refractivity contribution is 0.522. The number of aromatic nitrogens is 2. The molecule has 0 aromatic carbocycles. The van der Waals surface area contributed by atoms with Crippen LogP contribution in [0, 0.1) is 0 Å². The molecule has 5 nitrogen and oxygen atoms in total. The van der Waals surface area contributed by atoms with Crippen molar-refractivity contribution in [2.24, 2.45) is 0 Å². The molecule has 0 amide bonds. The van der Waals surface area contributed by atoms with Crippen molar-refractivity contribution in [2.45, 2.75) is 56.9 Å². The highest BCUT2D eigenvalue weighted by Gasteiger charge is 2.17. The first-order valence-corrected chi connectivity index (χ1v) is 7.55. The summed E-state index contributed by atoms with van der Waals surface area (Å²) in [7, 11) is -3.40. The molecule has 0 bridgehead atoms. The normalized spacial score (nSPS) is 13.8. The van der Waals surface area contributed by atoms with Crippen LogP contribution in [-0.4, -0.2) is 24.7 Å². The third kappa shape index (κ3) is 4.87. The van der Waals surface area contributed by atoms with E-state index in [9.17, 15) is 8.42 Å². The fourth-order valence-corrected chi connectivity index (χ4v) is 2.84. The van der Waals surface area contributed by atoms with Crippen LogP contribution in [0.25, 0.3) is 0 Å². The zero-order chi connectivity index (χ0) is 12.7. The second kappa shape index (κ2) is 6.76. The monoisotopic (exact) mass is 259 g/mol. The van der Waals surface area contributed by atoms with Crippen LogP contribution in [0.2, 0.25) is 0 Å². The minimum Gasteiger partial charge on any atom is -0.284 e. The molecule has 1 rings (SSSR count). The largest absolute Gasteiger partial charge is 0.284 e. The quantitative estimate of drug-likeness (QED) is 0.702. The van der Waals surface area contributed by atoms with Gasteiger partial charge in [0.05, 0.1) is 6.20 Å². The Balaban J connectivity index is 2.38. The first kappa shape index (κ1) is 14.2. The van der Waals surface area contributed by atoms with Crippen molar-refractivity contribution in [1.29, 1.82) is 0 Å². The minimum absolute atomic E-state index is 0.0354. The summed E-state index contributed by atoms with van der Waals surface area (Å²) in [4.78, 5) is 0.193. The predicted octanol–water partition coefficient (Wildman–Crippen LogP) is 2.05. The molecule has 0 spiro atoms. The Bertz CT molecular complexity index is 400. The third-order valence-electron chi connectivity index (χ3n) is 2.63. The van der Waals surface area contributed by atoms with Gasteiger partial charge in [-0.3, -0.25) is 5.10 Å². The Morgan fingerprint density at radius 3 is 2.76 bits per heavy atom. The van der Waals surface area contributed by atoms with Crippen LogP contribution in [0.4, 0.5) is 0 Å². The van der Waals surface area contributed by atoms with Crippen LogP contribution < -0.4 is 4.72 Å². The van der Waals surface area contributed by atoms with Crippen LogP contribution in [0.5, 0.6) is 0 Å². The highest BCUT2D eigenvalue weighted by Crippen LogP contribution is 2.09. The zero-order valence-electron chi connectivity index (χ0n) is 10.4. The Hall–Kier alpha value is -0.880. The van der Waals surface area contributed by atoms with E-state index in [1.165, 1.54) is 25.2 Å². The lowest BCUT2D eigenvalue weighted by atomic mass is 10.1. The number of nitrogens with zero attached hydrogens (tertiary/aromatic N) is 1. The maximum absolute atomic E-state index is 11.8. The van der Waals surface area contributed by atoms with Gasteiger partial charge in [-0.05, 0) is 13.3 Å². The van der Waals surface area contributed by atoms with Crippen LogP contribution >= 0.6 is 0 Å². The molecule has 0 saturated heterocycles. The first-order chi connectivity index (χ1) is 8.06. The Kier molecular flexibility index (Phi) is 5.64. The van der Waals surface area contributed by atoms with Crippen LogP contribution in [0.1, 0.15) is 46.0 Å². The molecule has 0 aliphatic rings. The van der Waals surface area contributed by atoms with Gasteiger partial charge >= 0.3 is 0 Å². The van der Waals surface area contributed by atoms with Gasteiger partial charge in [-0.1, -0.05) is 32.6 Å². The molecule has 98 valence electrons. The zero-order valence-corrected chi connectivity index (χ0v) is 11.3. The molecule has 1 atom stereocenters. The summed E-state index contributed by atoms with van der Waals surface area (Å²) in [5.41, 5.74) is 0. The highest BCUT2D eigenvalue weighted by atomic mass is 32.2. The molecular formula is C11H21N3O2S. The van der Waals surface area contributed by atoms with Crippen molar-refractivity contribution < 1.29 is 8.42 Å². The molecule has 1 aromatic heterocycles. The Morgan fingerprint density at radius 2 is 2.18 bits per heavy atom. The molecular weight excluding hydrogens is 238 g/mol. The highest BCUT2D eigenvalue weighted by molar-refractivity contribution is 7.89. The van der Waals surface area contributed by atoms with E-state index in [-0.39, 0.29) is 10.9 Å². The number of unbranched alkanes of at least 4 members (excludes halogenated alkanes) is 3. The van der Waals surface area contributed by atoms with E-state index in [0.717, 1.165) is 19.3 Å². The average molecular weight is 259 g/mol. The second-order valence-electron chi connectivity index (χ2n) is 4.31. The van der Waals surface area contributed by atoms with Gasteiger partial charge in [0.15, 0.2) is 0 Å². The maximum Gasteiger partial charge on any atom is 0.243 e. The maximum atomic E-state index is 11.8. The molecule has 1 aromatic rings. The van der Waals surface area contributed by atoms with Gasteiger partial charge in [0.2, 0.25) is 10.0 Å². The number of H-pyrrole nitrogens is 1. The average Bonchev–Trinajstić information content (AvgIpc) is 2.77.